The van der Waals surface area contributed by atoms with E-state index < -0.39 is 11.6 Å². The van der Waals surface area contributed by atoms with E-state index in [2.05, 4.69) is 14.8 Å². The van der Waals surface area contributed by atoms with E-state index in [4.69, 9.17) is 0 Å². The highest BCUT2D eigenvalue weighted by atomic mass is 19.2. The van der Waals surface area contributed by atoms with Crippen LogP contribution in [0.1, 0.15) is 11.4 Å². The van der Waals surface area contributed by atoms with Crippen LogP contribution in [0, 0.1) is 11.6 Å². The van der Waals surface area contributed by atoms with Crippen molar-refractivity contribution in [1.82, 2.24) is 19.4 Å². The van der Waals surface area contributed by atoms with Crippen LogP contribution in [0.15, 0.2) is 30.6 Å². The number of rotatable bonds is 4. The Morgan fingerprint density at radius 2 is 1.73 bits per heavy atom. The molecule has 1 aromatic carbocycles. The van der Waals surface area contributed by atoms with Crippen molar-refractivity contribution in [1.29, 1.82) is 0 Å². The molecule has 0 bridgehead atoms. The van der Waals surface area contributed by atoms with E-state index in [9.17, 15) is 8.78 Å². The zero-order valence-electron chi connectivity index (χ0n) is 12.7. The molecule has 0 unspecified atom stereocenters. The van der Waals surface area contributed by atoms with Crippen molar-refractivity contribution in [3.05, 3.63) is 53.6 Å². The van der Waals surface area contributed by atoms with Crippen LogP contribution in [0.5, 0.6) is 0 Å². The van der Waals surface area contributed by atoms with E-state index in [1.807, 2.05) is 17.8 Å². The first-order valence-corrected chi connectivity index (χ1v) is 7.47. The van der Waals surface area contributed by atoms with E-state index >= 15 is 0 Å². The van der Waals surface area contributed by atoms with Gasteiger partial charge < -0.3 is 4.57 Å². The first-order valence-electron chi connectivity index (χ1n) is 7.47. The second-order valence-electron chi connectivity index (χ2n) is 5.72. The summed E-state index contributed by atoms with van der Waals surface area (Å²) in [5.74, 6) is -0.450. The number of imidazole rings is 1. The molecule has 0 spiro atoms. The number of hydrogen-bond donors (Lipinski definition) is 0. The molecule has 0 amide bonds. The minimum atomic E-state index is -0.772. The molecule has 2 aromatic rings. The maximum Gasteiger partial charge on any atom is 0.163 e. The van der Waals surface area contributed by atoms with Crippen LogP contribution >= 0.6 is 0 Å². The Morgan fingerprint density at radius 3 is 2.36 bits per heavy atom. The molecule has 2 heterocycles. The highest BCUT2D eigenvalue weighted by molar-refractivity contribution is 5.18. The number of aryl methyl sites for hydroxylation is 1. The Labute approximate surface area is 129 Å². The summed E-state index contributed by atoms with van der Waals surface area (Å²) < 4.78 is 29.0. The molecule has 3 rings (SSSR count). The monoisotopic (exact) mass is 306 g/mol. The van der Waals surface area contributed by atoms with Gasteiger partial charge in [-0.05, 0) is 6.07 Å². The molecule has 0 atom stereocenters. The number of hydrogen-bond acceptors (Lipinski definition) is 3. The fourth-order valence-electron chi connectivity index (χ4n) is 2.77. The normalized spacial score (nSPS) is 17.0. The average molecular weight is 306 g/mol. The third-order valence-corrected chi connectivity index (χ3v) is 4.18. The zero-order chi connectivity index (χ0) is 15.5. The smallest absolute Gasteiger partial charge is 0.163 e. The fourth-order valence-corrected chi connectivity index (χ4v) is 2.77. The summed E-state index contributed by atoms with van der Waals surface area (Å²) in [6.45, 7) is 4.79. The average Bonchev–Trinajstić information content (AvgIpc) is 2.91. The number of piperazine rings is 1. The fraction of sp³-hybridized carbons (Fsp3) is 0.438. The molecule has 1 aliphatic heterocycles. The molecule has 1 aliphatic rings. The minimum absolute atomic E-state index is 0.428. The Kier molecular flexibility index (Phi) is 4.49. The Bertz CT molecular complexity index is 633. The highest BCUT2D eigenvalue weighted by Crippen LogP contribution is 2.15. The summed E-state index contributed by atoms with van der Waals surface area (Å²) in [5.41, 5.74) is 0.428. The summed E-state index contributed by atoms with van der Waals surface area (Å²) in [5, 5.41) is 0. The molecule has 1 fully saturated rings. The second-order valence-corrected chi connectivity index (χ2v) is 5.72. The van der Waals surface area contributed by atoms with E-state index in [1.165, 1.54) is 0 Å². The quantitative estimate of drug-likeness (QED) is 0.864. The molecule has 0 radical (unpaired) electrons. The summed E-state index contributed by atoms with van der Waals surface area (Å²) >= 11 is 0. The van der Waals surface area contributed by atoms with Crippen LogP contribution < -0.4 is 0 Å². The van der Waals surface area contributed by atoms with E-state index in [0.29, 0.717) is 12.1 Å². The lowest BCUT2D eigenvalue weighted by molar-refractivity contribution is 0.118. The van der Waals surface area contributed by atoms with Crippen molar-refractivity contribution < 1.29 is 8.78 Å². The number of benzene rings is 1. The maximum atomic E-state index is 13.7. The summed E-state index contributed by atoms with van der Waals surface area (Å²) in [6.07, 6.45) is 3.75. The van der Waals surface area contributed by atoms with Crippen molar-refractivity contribution in [2.24, 2.45) is 7.05 Å². The molecule has 4 nitrogen and oxygen atoms in total. The third-order valence-electron chi connectivity index (χ3n) is 4.18. The lowest BCUT2D eigenvalue weighted by Gasteiger charge is -2.34. The number of nitrogens with zero attached hydrogens (tertiary/aromatic N) is 4. The summed E-state index contributed by atoms with van der Waals surface area (Å²) in [6, 6.07) is 4.37. The Morgan fingerprint density at radius 1 is 1.05 bits per heavy atom. The van der Waals surface area contributed by atoms with Crippen LogP contribution in [0.2, 0.25) is 0 Å². The number of aromatic nitrogens is 2. The van der Waals surface area contributed by atoms with Crippen LogP contribution in [-0.2, 0) is 20.1 Å². The maximum absolute atomic E-state index is 13.7. The predicted molar refractivity (Wildman–Crippen MR) is 80.1 cm³/mol. The topological polar surface area (TPSA) is 24.3 Å². The lowest BCUT2D eigenvalue weighted by atomic mass is 10.1. The van der Waals surface area contributed by atoms with E-state index in [0.717, 1.165) is 44.6 Å². The largest absolute Gasteiger partial charge is 0.337 e. The molecule has 1 aromatic heterocycles. The van der Waals surface area contributed by atoms with Crippen molar-refractivity contribution in [2.45, 2.75) is 13.1 Å². The van der Waals surface area contributed by atoms with Crippen molar-refractivity contribution in [3.8, 4) is 0 Å². The molecule has 22 heavy (non-hydrogen) atoms. The molecule has 1 saturated heterocycles. The molecule has 0 saturated carbocycles. The first kappa shape index (κ1) is 15.1. The van der Waals surface area contributed by atoms with Gasteiger partial charge in [0.2, 0.25) is 0 Å². The van der Waals surface area contributed by atoms with Gasteiger partial charge in [0.15, 0.2) is 11.6 Å². The van der Waals surface area contributed by atoms with Crippen LogP contribution in [0.3, 0.4) is 0 Å². The Hall–Kier alpha value is -1.79. The van der Waals surface area contributed by atoms with Gasteiger partial charge in [0, 0.05) is 57.7 Å². The highest BCUT2D eigenvalue weighted by Gasteiger charge is 2.19. The second kappa shape index (κ2) is 6.54. The van der Waals surface area contributed by atoms with E-state index in [-0.39, 0.29) is 0 Å². The summed E-state index contributed by atoms with van der Waals surface area (Å²) in [4.78, 5) is 8.83. The van der Waals surface area contributed by atoms with Gasteiger partial charge in [-0.1, -0.05) is 12.1 Å². The van der Waals surface area contributed by atoms with Crippen LogP contribution in [-0.4, -0.2) is 45.5 Å². The Balaban J connectivity index is 1.53. The third kappa shape index (κ3) is 3.34. The van der Waals surface area contributed by atoms with Crippen molar-refractivity contribution in [2.75, 3.05) is 26.2 Å². The van der Waals surface area contributed by atoms with Crippen LogP contribution in [0.4, 0.5) is 8.78 Å². The first-order chi connectivity index (χ1) is 10.6. The van der Waals surface area contributed by atoms with Gasteiger partial charge in [-0.3, -0.25) is 9.80 Å². The lowest BCUT2D eigenvalue weighted by Crippen LogP contribution is -2.45. The summed E-state index contributed by atoms with van der Waals surface area (Å²) in [7, 11) is 1.99. The molecule has 0 N–H and O–H groups in total. The van der Waals surface area contributed by atoms with Gasteiger partial charge in [0.25, 0.3) is 0 Å². The molecule has 118 valence electrons. The SMILES string of the molecule is Cn1ccnc1CN1CCN(Cc2cccc(F)c2F)CC1. The van der Waals surface area contributed by atoms with Gasteiger partial charge in [0.1, 0.15) is 5.82 Å². The zero-order valence-corrected chi connectivity index (χ0v) is 12.7. The molecular weight excluding hydrogens is 286 g/mol. The van der Waals surface area contributed by atoms with E-state index in [1.54, 1.807) is 18.3 Å². The van der Waals surface area contributed by atoms with Crippen molar-refractivity contribution >= 4 is 0 Å². The number of halogens is 2. The molecule has 6 heteroatoms. The van der Waals surface area contributed by atoms with Crippen molar-refractivity contribution in [3.63, 3.8) is 0 Å². The molecular formula is C16H20F2N4. The molecule has 0 aliphatic carbocycles. The predicted octanol–water partition coefficient (Wildman–Crippen LogP) is 2.02. The van der Waals surface area contributed by atoms with Gasteiger partial charge in [0.05, 0.1) is 6.54 Å². The van der Waals surface area contributed by atoms with Gasteiger partial charge in [-0.15, -0.1) is 0 Å². The van der Waals surface area contributed by atoms with Gasteiger partial charge in [-0.2, -0.15) is 0 Å². The van der Waals surface area contributed by atoms with Crippen LogP contribution in [0.25, 0.3) is 0 Å². The minimum Gasteiger partial charge on any atom is -0.337 e. The van der Waals surface area contributed by atoms with Gasteiger partial charge >= 0.3 is 0 Å². The van der Waals surface area contributed by atoms with Gasteiger partial charge in [-0.25, -0.2) is 13.8 Å². The standard InChI is InChI=1S/C16H20F2N4/c1-20-6-5-19-15(20)12-22-9-7-21(8-10-22)11-13-3-2-4-14(17)16(13)18/h2-6H,7-12H2,1H3.